The van der Waals surface area contributed by atoms with Crippen molar-refractivity contribution in [3.8, 4) is 0 Å². The third kappa shape index (κ3) is 3.36. The number of ketones is 1. The van der Waals surface area contributed by atoms with Crippen molar-refractivity contribution in [3.05, 3.63) is 46.0 Å². The predicted octanol–water partition coefficient (Wildman–Crippen LogP) is 2.91. The molecule has 0 aliphatic rings. The van der Waals surface area contributed by atoms with Gasteiger partial charge in [0.2, 0.25) is 0 Å². The van der Waals surface area contributed by atoms with Crippen LogP contribution in [0.5, 0.6) is 0 Å². The third-order valence-corrected chi connectivity index (χ3v) is 2.32. The molecule has 84 valence electrons. The van der Waals surface area contributed by atoms with E-state index in [1.165, 1.54) is 19.2 Å². The fourth-order valence-electron chi connectivity index (χ4n) is 0.991. The Bertz CT molecular complexity index is 453. The predicted molar refractivity (Wildman–Crippen MR) is 61.9 cm³/mol. The summed E-state index contributed by atoms with van der Waals surface area (Å²) >= 11 is 11.5. The highest BCUT2D eigenvalue weighted by Crippen LogP contribution is 2.21. The molecule has 0 atom stereocenters. The van der Waals surface area contributed by atoms with Gasteiger partial charge in [0.1, 0.15) is 0 Å². The summed E-state index contributed by atoms with van der Waals surface area (Å²) in [6.07, 6.45) is 2.13. The van der Waals surface area contributed by atoms with E-state index in [4.69, 9.17) is 23.2 Å². The molecule has 0 fully saturated rings. The molecule has 0 unspecified atom stereocenters. The van der Waals surface area contributed by atoms with Gasteiger partial charge < -0.3 is 4.74 Å². The van der Waals surface area contributed by atoms with Crippen molar-refractivity contribution < 1.29 is 14.3 Å². The zero-order chi connectivity index (χ0) is 12.1. The Morgan fingerprint density at radius 2 is 1.94 bits per heavy atom. The fourth-order valence-corrected chi connectivity index (χ4v) is 1.49. The van der Waals surface area contributed by atoms with Gasteiger partial charge in [0.15, 0.2) is 5.78 Å². The van der Waals surface area contributed by atoms with Crippen LogP contribution in [-0.2, 0) is 9.53 Å². The highest BCUT2D eigenvalue weighted by Gasteiger charge is 2.08. The molecule has 0 radical (unpaired) electrons. The third-order valence-electron chi connectivity index (χ3n) is 1.77. The quantitative estimate of drug-likeness (QED) is 0.476. The molecule has 0 aliphatic heterocycles. The van der Waals surface area contributed by atoms with Crippen molar-refractivity contribution in [1.29, 1.82) is 0 Å². The molecule has 1 aromatic rings. The molecule has 0 heterocycles. The molecule has 0 saturated carbocycles. The van der Waals surface area contributed by atoms with E-state index in [1.54, 1.807) is 6.07 Å². The van der Waals surface area contributed by atoms with Gasteiger partial charge >= 0.3 is 5.97 Å². The summed E-state index contributed by atoms with van der Waals surface area (Å²) in [7, 11) is 1.23. The van der Waals surface area contributed by atoms with E-state index in [0.29, 0.717) is 5.02 Å². The molecule has 16 heavy (non-hydrogen) atoms. The van der Waals surface area contributed by atoms with E-state index in [0.717, 1.165) is 12.2 Å². The number of rotatable bonds is 3. The van der Waals surface area contributed by atoms with Crippen molar-refractivity contribution in [2.75, 3.05) is 7.11 Å². The van der Waals surface area contributed by atoms with Crippen LogP contribution in [0.2, 0.25) is 10.0 Å². The molecule has 0 aliphatic carbocycles. The second-order valence-electron chi connectivity index (χ2n) is 2.84. The number of carbonyl (C=O) groups is 2. The fraction of sp³-hybridized carbons (Fsp3) is 0.0909. The van der Waals surface area contributed by atoms with E-state index >= 15 is 0 Å². The van der Waals surface area contributed by atoms with Gasteiger partial charge in [-0.3, -0.25) is 4.79 Å². The van der Waals surface area contributed by atoms with Gasteiger partial charge in [0, 0.05) is 16.7 Å². The Kier molecular flexibility index (Phi) is 4.52. The Labute approximate surface area is 103 Å². The van der Waals surface area contributed by atoms with Crippen molar-refractivity contribution in [2.24, 2.45) is 0 Å². The van der Waals surface area contributed by atoms with Crippen LogP contribution in [-0.4, -0.2) is 18.9 Å². The molecule has 1 rings (SSSR count). The van der Waals surface area contributed by atoms with Crippen LogP contribution in [0.15, 0.2) is 30.4 Å². The number of allylic oxidation sites excluding steroid dienone is 1. The van der Waals surface area contributed by atoms with Crippen molar-refractivity contribution in [2.45, 2.75) is 0 Å². The van der Waals surface area contributed by atoms with Crippen LogP contribution >= 0.6 is 23.2 Å². The normalized spacial score (nSPS) is 10.4. The summed E-state index contributed by atoms with van der Waals surface area (Å²) in [5, 5.41) is 0.686. The lowest BCUT2D eigenvalue weighted by molar-refractivity contribution is -0.134. The number of esters is 1. The second kappa shape index (κ2) is 5.68. The average molecular weight is 259 g/mol. The molecule has 5 heteroatoms. The highest BCUT2D eigenvalue weighted by atomic mass is 35.5. The Balaban J connectivity index is 2.89. The Hall–Kier alpha value is -1.32. The van der Waals surface area contributed by atoms with E-state index in [9.17, 15) is 9.59 Å². The molecule has 1 aromatic carbocycles. The van der Waals surface area contributed by atoms with Gasteiger partial charge in [-0.15, -0.1) is 0 Å². The molecule has 0 saturated heterocycles. The van der Waals surface area contributed by atoms with Gasteiger partial charge in [-0.05, 0) is 24.3 Å². The summed E-state index contributed by atoms with van der Waals surface area (Å²) in [6, 6.07) is 4.50. The monoisotopic (exact) mass is 258 g/mol. The minimum absolute atomic E-state index is 0.243. The largest absolute Gasteiger partial charge is 0.466 e. The van der Waals surface area contributed by atoms with Gasteiger partial charge in [-0.25, -0.2) is 4.79 Å². The van der Waals surface area contributed by atoms with Gasteiger partial charge in [-0.2, -0.15) is 0 Å². The lowest BCUT2D eigenvalue weighted by atomic mass is 10.1. The van der Waals surface area contributed by atoms with Gasteiger partial charge in [0.25, 0.3) is 0 Å². The molecule has 0 aromatic heterocycles. The Morgan fingerprint density at radius 1 is 1.25 bits per heavy atom. The maximum Gasteiger partial charge on any atom is 0.330 e. The number of hydrogen-bond acceptors (Lipinski definition) is 3. The number of benzene rings is 1. The van der Waals surface area contributed by atoms with Crippen LogP contribution in [0.3, 0.4) is 0 Å². The molecular weight excluding hydrogens is 251 g/mol. The summed E-state index contributed by atoms with van der Waals surface area (Å²) in [6.45, 7) is 0. The van der Waals surface area contributed by atoms with Crippen LogP contribution in [0.25, 0.3) is 0 Å². The number of ether oxygens (including phenoxy) is 1. The zero-order valence-electron chi connectivity index (χ0n) is 8.37. The van der Waals surface area contributed by atoms with Crippen molar-refractivity contribution >= 4 is 35.0 Å². The van der Waals surface area contributed by atoms with Crippen molar-refractivity contribution in [3.63, 3.8) is 0 Å². The number of hydrogen-bond donors (Lipinski definition) is 0. The maximum atomic E-state index is 11.6. The summed E-state index contributed by atoms with van der Waals surface area (Å²) in [5.74, 6) is -0.981. The first-order valence-corrected chi connectivity index (χ1v) is 5.05. The van der Waals surface area contributed by atoms with Crippen LogP contribution < -0.4 is 0 Å². The Morgan fingerprint density at radius 3 is 2.50 bits per heavy atom. The molecular formula is C11H8Cl2O3. The lowest BCUT2D eigenvalue weighted by Crippen LogP contribution is -1.99. The zero-order valence-corrected chi connectivity index (χ0v) is 9.88. The van der Waals surface area contributed by atoms with Crippen LogP contribution in [0.1, 0.15) is 10.4 Å². The standard InChI is InChI=1S/C11H8Cl2O3/c1-16-11(15)5-4-10(14)8-3-2-7(12)6-9(8)13/h2-6H,1H3/b5-4+. The highest BCUT2D eigenvalue weighted by molar-refractivity contribution is 6.37. The minimum Gasteiger partial charge on any atom is -0.466 e. The number of methoxy groups -OCH3 is 1. The smallest absolute Gasteiger partial charge is 0.330 e. The van der Waals surface area contributed by atoms with E-state index in [-0.39, 0.29) is 16.4 Å². The molecule has 0 bridgehead atoms. The first-order chi connectivity index (χ1) is 7.54. The molecule has 0 amide bonds. The second-order valence-corrected chi connectivity index (χ2v) is 3.69. The number of halogens is 2. The van der Waals surface area contributed by atoms with E-state index < -0.39 is 5.97 Å². The first-order valence-electron chi connectivity index (χ1n) is 4.30. The van der Waals surface area contributed by atoms with Crippen LogP contribution in [0, 0.1) is 0 Å². The van der Waals surface area contributed by atoms with E-state index in [1.807, 2.05) is 0 Å². The number of carbonyl (C=O) groups excluding carboxylic acids is 2. The summed E-state index contributed by atoms with van der Waals surface area (Å²) in [5.41, 5.74) is 0.284. The minimum atomic E-state index is -0.599. The first kappa shape index (κ1) is 12.7. The SMILES string of the molecule is COC(=O)/C=C/C(=O)c1ccc(Cl)cc1Cl. The van der Waals surface area contributed by atoms with Gasteiger partial charge in [0.05, 0.1) is 12.1 Å². The molecule has 3 nitrogen and oxygen atoms in total. The summed E-state index contributed by atoms with van der Waals surface area (Å²) < 4.78 is 4.35. The molecule has 0 N–H and O–H groups in total. The maximum absolute atomic E-state index is 11.6. The van der Waals surface area contributed by atoms with Crippen LogP contribution in [0.4, 0.5) is 0 Å². The molecule has 0 spiro atoms. The van der Waals surface area contributed by atoms with Crippen molar-refractivity contribution in [1.82, 2.24) is 0 Å². The average Bonchev–Trinajstić information content (AvgIpc) is 2.25. The topological polar surface area (TPSA) is 43.4 Å². The van der Waals surface area contributed by atoms with E-state index in [2.05, 4.69) is 4.74 Å². The lowest BCUT2D eigenvalue weighted by Gasteiger charge is -1.99. The van der Waals surface area contributed by atoms with Gasteiger partial charge in [-0.1, -0.05) is 23.2 Å². The summed E-state index contributed by atoms with van der Waals surface area (Å²) in [4.78, 5) is 22.3.